The molecule has 2 aromatic heterocycles. The first-order chi connectivity index (χ1) is 11.5. The summed E-state index contributed by atoms with van der Waals surface area (Å²) in [6.45, 7) is 4.09. The molecule has 0 amide bonds. The van der Waals surface area contributed by atoms with Gasteiger partial charge in [-0.1, -0.05) is 15.9 Å². The van der Waals surface area contributed by atoms with E-state index in [1.807, 2.05) is 44.2 Å². The van der Waals surface area contributed by atoms with Crippen molar-refractivity contribution in [1.82, 2.24) is 19.6 Å². The summed E-state index contributed by atoms with van der Waals surface area (Å²) in [5.74, 6) is 0.470. The summed E-state index contributed by atoms with van der Waals surface area (Å²) in [5.41, 5.74) is 1.66. The third-order valence-electron chi connectivity index (χ3n) is 3.20. The van der Waals surface area contributed by atoms with Crippen LogP contribution in [0.5, 0.6) is 5.75 Å². The Bertz CT molecular complexity index is 877. The highest BCUT2D eigenvalue weighted by molar-refractivity contribution is 9.10. The number of esters is 1. The molecule has 0 N–H and O–H groups in total. The van der Waals surface area contributed by atoms with Gasteiger partial charge in [-0.3, -0.25) is 0 Å². The average Bonchev–Trinajstić information content (AvgIpc) is 2.97. The molecule has 0 aliphatic heterocycles. The topological polar surface area (TPSA) is 78.6 Å². The van der Waals surface area contributed by atoms with Gasteiger partial charge in [-0.15, -0.1) is 5.10 Å². The third kappa shape index (κ3) is 3.70. The molecule has 0 bridgehead atoms. The van der Waals surface area contributed by atoms with Crippen molar-refractivity contribution in [1.29, 1.82) is 0 Å². The van der Waals surface area contributed by atoms with Crippen molar-refractivity contribution in [3.05, 3.63) is 52.0 Å². The van der Waals surface area contributed by atoms with Crippen LogP contribution in [0, 0.1) is 13.8 Å². The maximum Gasteiger partial charge on any atom is 0.378 e. The molecule has 7 nitrogen and oxygen atoms in total. The molecule has 1 aromatic carbocycles. The Labute approximate surface area is 146 Å². The first-order valence-corrected chi connectivity index (χ1v) is 8.09. The van der Waals surface area contributed by atoms with Gasteiger partial charge in [0.15, 0.2) is 0 Å². The second kappa shape index (κ2) is 6.96. The minimum absolute atomic E-state index is 0.0140. The summed E-state index contributed by atoms with van der Waals surface area (Å²) in [6.07, 6.45) is 0. The van der Waals surface area contributed by atoms with Crippen molar-refractivity contribution in [2.24, 2.45) is 0 Å². The number of benzene rings is 1. The highest BCUT2D eigenvalue weighted by atomic mass is 79.9. The Kier molecular flexibility index (Phi) is 4.75. The number of nitrogens with zero attached hydrogens (tertiary/aromatic N) is 4. The van der Waals surface area contributed by atoms with Crippen molar-refractivity contribution in [3.8, 4) is 5.75 Å². The van der Waals surface area contributed by atoms with E-state index in [2.05, 4.69) is 31.0 Å². The van der Waals surface area contributed by atoms with E-state index in [1.165, 1.54) is 4.52 Å². The van der Waals surface area contributed by atoms with E-state index in [4.69, 9.17) is 9.47 Å². The number of halogens is 1. The van der Waals surface area contributed by atoms with E-state index in [-0.39, 0.29) is 19.0 Å². The van der Waals surface area contributed by atoms with Crippen LogP contribution in [0.1, 0.15) is 22.0 Å². The van der Waals surface area contributed by atoms with Gasteiger partial charge in [0.05, 0.1) is 0 Å². The molecule has 24 heavy (non-hydrogen) atoms. The summed E-state index contributed by atoms with van der Waals surface area (Å²) in [5, 5.41) is 4.12. The molecular weight excluding hydrogens is 376 g/mol. The molecule has 0 atom stereocenters. The molecule has 3 aromatic rings. The van der Waals surface area contributed by atoms with E-state index in [1.54, 1.807) is 0 Å². The molecule has 124 valence electrons. The standard InChI is InChI=1S/C16H15BrN4O3/c1-10-9-11(2)21-16(18-10)19-14(20-21)15(22)24-8-7-23-13-5-3-12(17)4-6-13/h3-6,9H,7-8H2,1-2H3. The van der Waals surface area contributed by atoms with Crippen LogP contribution in [-0.4, -0.2) is 38.8 Å². The average molecular weight is 391 g/mol. The number of aryl methyl sites for hydroxylation is 2. The summed E-state index contributed by atoms with van der Waals surface area (Å²) in [6, 6.07) is 9.26. The van der Waals surface area contributed by atoms with Crippen molar-refractivity contribution >= 4 is 27.7 Å². The number of fused-ring (bicyclic) bond motifs is 1. The fourth-order valence-corrected chi connectivity index (χ4v) is 2.41. The van der Waals surface area contributed by atoms with E-state index >= 15 is 0 Å². The van der Waals surface area contributed by atoms with Crippen molar-refractivity contribution in [2.45, 2.75) is 13.8 Å². The molecule has 0 fully saturated rings. The normalized spacial score (nSPS) is 10.8. The van der Waals surface area contributed by atoms with Gasteiger partial charge in [-0.2, -0.15) is 4.98 Å². The lowest BCUT2D eigenvalue weighted by atomic mass is 10.3. The zero-order chi connectivity index (χ0) is 17.1. The number of carbonyl (C=O) groups is 1. The van der Waals surface area contributed by atoms with Gasteiger partial charge in [0, 0.05) is 15.9 Å². The fraction of sp³-hybridized carbons (Fsp3) is 0.250. The monoisotopic (exact) mass is 390 g/mol. The number of aromatic nitrogens is 4. The minimum atomic E-state index is -0.600. The Hall–Kier alpha value is -2.48. The van der Waals surface area contributed by atoms with E-state index < -0.39 is 5.97 Å². The number of ether oxygens (including phenoxy) is 2. The summed E-state index contributed by atoms with van der Waals surface area (Å²) >= 11 is 3.35. The Morgan fingerprint density at radius 3 is 2.67 bits per heavy atom. The highest BCUT2D eigenvalue weighted by Gasteiger charge is 2.16. The van der Waals surface area contributed by atoms with E-state index in [0.29, 0.717) is 11.5 Å². The molecule has 0 unspecified atom stereocenters. The summed E-state index contributed by atoms with van der Waals surface area (Å²) in [4.78, 5) is 20.4. The third-order valence-corrected chi connectivity index (χ3v) is 3.73. The molecule has 0 spiro atoms. The largest absolute Gasteiger partial charge is 0.490 e. The maximum atomic E-state index is 12.0. The lowest BCUT2D eigenvalue weighted by Gasteiger charge is -2.06. The molecule has 0 radical (unpaired) electrons. The van der Waals surface area contributed by atoms with Crippen molar-refractivity contribution < 1.29 is 14.3 Å². The number of rotatable bonds is 5. The van der Waals surface area contributed by atoms with E-state index in [0.717, 1.165) is 15.9 Å². The van der Waals surface area contributed by atoms with Gasteiger partial charge in [-0.25, -0.2) is 14.3 Å². The zero-order valence-electron chi connectivity index (χ0n) is 13.2. The predicted molar refractivity (Wildman–Crippen MR) is 90.2 cm³/mol. The van der Waals surface area contributed by atoms with Crippen LogP contribution in [0.4, 0.5) is 0 Å². The number of carbonyl (C=O) groups excluding carboxylic acids is 1. The predicted octanol–water partition coefficient (Wildman–Crippen LogP) is 2.74. The Morgan fingerprint density at radius 1 is 1.17 bits per heavy atom. The molecule has 0 aliphatic carbocycles. The Morgan fingerprint density at radius 2 is 1.92 bits per heavy atom. The van der Waals surface area contributed by atoms with Crippen LogP contribution in [0.2, 0.25) is 0 Å². The van der Waals surface area contributed by atoms with Crippen molar-refractivity contribution in [3.63, 3.8) is 0 Å². The number of hydrogen-bond acceptors (Lipinski definition) is 6. The van der Waals surface area contributed by atoms with Crippen molar-refractivity contribution in [2.75, 3.05) is 13.2 Å². The lowest BCUT2D eigenvalue weighted by molar-refractivity contribution is 0.0436. The zero-order valence-corrected chi connectivity index (χ0v) is 14.8. The van der Waals surface area contributed by atoms with Gasteiger partial charge < -0.3 is 9.47 Å². The fourth-order valence-electron chi connectivity index (χ4n) is 2.14. The van der Waals surface area contributed by atoms with Gasteiger partial charge in [0.1, 0.15) is 19.0 Å². The first kappa shape index (κ1) is 16.4. The maximum absolute atomic E-state index is 12.0. The van der Waals surface area contributed by atoms with Gasteiger partial charge in [0.25, 0.3) is 11.6 Å². The lowest BCUT2D eigenvalue weighted by Crippen LogP contribution is -2.13. The minimum Gasteiger partial charge on any atom is -0.490 e. The molecule has 0 saturated carbocycles. The highest BCUT2D eigenvalue weighted by Crippen LogP contribution is 2.15. The second-order valence-electron chi connectivity index (χ2n) is 5.12. The molecule has 3 rings (SSSR count). The van der Waals surface area contributed by atoms with Gasteiger partial charge in [0.2, 0.25) is 0 Å². The quantitative estimate of drug-likeness (QED) is 0.492. The number of hydrogen-bond donors (Lipinski definition) is 0. The molecule has 2 heterocycles. The Balaban J connectivity index is 1.57. The molecule has 0 aliphatic rings. The van der Waals surface area contributed by atoms with Crippen LogP contribution < -0.4 is 4.74 Å². The smallest absolute Gasteiger partial charge is 0.378 e. The summed E-state index contributed by atoms with van der Waals surface area (Å²) < 4.78 is 13.1. The van der Waals surface area contributed by atoms with Crippen LogP contribution in [-0.2, 0) is 4.74 Å². The SMILES string of the molecule is Cc1cc(C)n2nc(C(=O)OCCOc3ccc(Br)cc3)nc2n1. The van der Waals surface area contributed by atoms with E-state index in [9.17, 15) is 4.79 Å². The van der Waals surface area contributed by atoms with Gasteiger partial charge >= 0.3 is 5.97 Å². The second-order valence-corrected chi connectivity index (χ2v) is 6.04. The van der Waals surface area contributed by atoms with Crippen LogP contribution in [0.3, 0.4) is 0 Å². The van der Waals surface area contributed by atoms with Crippen LogP contribution in [0.25, 0.3) is 5.78 Å². The van der Waals surface area contributed by atoms with Gasteiger partial charge in [-0.05, 0) is 44.2 Å². The first-order valence-electron chi connectivity index (χ1n) is 7.29. The molecule has 8 heteroatoms. The van der Waals surface area contributed by atoms with Crippen LogP contribution >= 0.6 is 15.9 Å². The molecular formula is C16H15BrN4O3. The molecule has 0 saturated heterocycles. The summed E-state index contributed by atoms with van der Waals surface area (Å²) in [7, 11) is 0. The van der Waals surface area contributed by atoms with Crippen LogP contribution in [0.15, 0.2) is 34.8 Å².